The molecule has 1 aromatic heterocycles. The first-order valence-corrected chi connectivity index (χ1v) is 11.1. The van der Waals surface area contributed by atoms with E-state index in [4.69, 9.17) is 0 Å². The van der Waals surface area contributed by atoms with Gasteiger partial charge >= 0.3 is 0 Å². The van der Waals surface area contributed by atoms with Crippen molar-refractivity contribution in [3.63, 3.8) is 0 Å². The molecule has 0 unspecified atom stereocenters. The van der Waals surface area contributed by atoms with Gasteiger partial charge in [0.2, 0.25) is 5.91 Å². The van der Waals surface area contributed by atoms with Crippen LogP contribution in [0, 0.1) is 11.6 Å². The van der Waals surface area contributed by atoms with Crippen molar-refractivity contribution in [1.29, 1.82) is 0 Å². The minimum absolute atomic E-state index is 0.0286. The van der Waals surface area contributed by atoms with E-state index in [2.05, 4.69) is 5.32 Å². The summed E-state index contributed by atoms with van der Waals surface area (Å²) in [6.45, 7) is -0.146. The minimum Gasteiger partial charge on any atom is -0.337 e. The van der Waals surface area contributed by atoms with Crippen LogP contribution in [0.25, 0.3) is 10.9 Å². The average Bonchev–Trinajstić information content (AvgIpc) is 3.11. The minimum atomic E-state index is -3.88. The van der Waals surface area contributed by atoms with Gasteiger partial charge in [-0.1, -0.05) is 36.4 Å². The first kappa shape index (κ1) is 20.7. The Morgan fingerprint density at radius 2 is 1.58 bits per heavy atom. The molecule has 0 radical (unpaired) electrons. The summed E-state index contributed by atoms with van der Waals surface area (Å²) < 4.78 is 54.7. The fourth-order valence-electron chi connectivity index (χ4n) is 3.38. The average molecular weight is 440 g/mol. The van der Waals surface area contributed by atoms with E-state index in [0.29, 0.717) is 16.6 Å². The molecule has 0 aliphatic carbocycles. The van der Waals surface area contributed by atoms with Crippen LogP contribution in [0.2, 0.25) is 0 Å². The van der Waals surface area contributed by atoms with Gasteiger partial charge in [0.15, 0.2) is 9.84 Å². The number of nitrogens with zero attached hydrogens (tertiary/aromatic N) is 1. The van der Waals surface area contributed by atoms with Crippen molar-refractivity contribution in [2.24, 2.45) is 0 Å². The van der Waals surface area contributed by atoms with E-state index in [1.807, 2.05) is 0 Å². The van der Waals surface area contributed by atoms with Gasteiger partial charge in [-0.25, -0.2) is 17.2 Å². The molecule has 8 heteroatoms. The van der Waals surface area contributed by atoms with Crippen molar-refractivity contribution in [3.8, 4) is 0 Å². The zero-order chi connectivity index (χ0) is 22.0. The lowest BCUT2D eigenvalue weighted by molar-refractivity contribution is -0.116. The number of nitrogens with one attached hydrogen (secondary N) is 1. The third kappa shape index (κ3) is 4.49. The topological polar surface area (TPSA) is 68.2 Å². The summed E-state index contributed by atoms with van der Waals surface area (Å²) in [5, 5.41) is 3.10. The molecule has 0 aliphatic heterocycles. The van der Waals surface area contributed by atoms with E-state index >= 15 is 0 Å². The van der Waals surface area contributed by atoms with Crippen molar-refractivity contribution in [2.75, 3.05) is 5.32 Å². The molecule has 4 aromatic rings. The Labute approximate surface area is 177 Å². The fraction of sp³-hybridized carbons (Fsp3) is 0.0870. The molecule has 0 saturated heterocycles. The summed E-state index contributed by atoms with van der Waals surface area (Å²) in [4.78, 5) is 12.5. The Kier molecular flexibility index (Phi) is 5.56. The number of amides is 1. The summed E-state index contributed by atoms with van der Waals surface area (Å²) in [7, 11) is -3.88. The highest BCUT2D eigenvalue weighted by molar-refractivity contribution is 7.90. The summed E-state index contributed by atoms with van der Waals surface area (Å²) in [5.74, 6) is -1.90. The Hall–Kier alpha value is -3.52. The number of carbonyl (C=O) groups is 1. The molecule has 0 fully saturated rings. The third-order valence-corrected chi connectivity index (χ3v) is 6.52. The summed E-state index contributed by atoms with van der Waals surface area (Å²) in [6.07, 6.45) is 1.39. The number of para-hydroxylation sites is 1. The molecular weight excluding hydrogens is 422 g/mol. The van der Waals surface area contributed by atoms with Crippen molar-refractivity contribution < 1.29 is 22.0 Å². The van der Waals surface area contributed by atoms with Crippen molar-refractivity contribution >= 4 is 32.3 Å². The highest BCUT2D eigenvalue weighted by Crippen LogP contribution is 2.28. The van der Waals surface area contributed by atoms with E-state index in [1.54, 1.807) is 30.3 Å². The van der Waals surface area contributed by atoms with Crippen LogP contribution in [0.5, 0.6) is 0 Å². The molecule has 1 amide bonds. The van der Waals surface area contributed by atoms with Crippen LogP contribution >= 0.6 is 0 Å². The molecule has 1 heterocycles. The summed E-state index contributed by atoms with van der Waals surface area (Å²) in [5.41, 5.74) is 1.06. The predicted molar refractivity (Wildman–Crippen MR) is 114 cm³/mol. The molecule has 0 aliphatic rings. The van der Waals surface area contributed by atoms with E-state index in [-0.39, 0.29) is 17.0 Å². The number of carbonyl (C=O) groups excluding carboxylic acids is 1. The SMILES string of the molecule is O=C(Cn1cc(S(=O)(=O)Cc2ccccc2F)c2ccccc21)Nc1ccc(F)cc1. The quantitative estimate of drug-likeness (QED) is 0.479. The van der Waals surface area contributed by atoms with E-state index in [1.165, 1.54) is 53.2 Å². The van der Waals surface area contributed by atoms with Gasteiger partial charge in [0.25, 0.3) is 0 Å². The molecule has 0 bridgehead atoms. The van der Waals surface area contributed by atoms with Gasteiger partial charge in [-0.05, 0) is 36.4 Å². The molecule has 0 atom stereocenters. The Balaban J connectivity index is 1.65. The Bertz CT molecular complexity index is 1360. The molecule has 1 N–H and O–H groups in total. The third-order valence-electron chi connectivity index (χ3n) is 4.83. The van der Waals surface area contributed by atoms with Gasteiger partial charge in [0, 0.05) is 28.4 Å². The van der Waals surface area contributed by atoms with Gasteiger partial charge in [-0.3, -0.25) is 4.79 Å². The van der Waals surface area contributed by atoms with Crippen LogP contribution in [-0.2, 0) is 26.9 Å². The second-order valence-corrected chi connectivity index (χ2v) is 9.00. The monoisotopic (exact) mass is 440 g/mol. The zero-order valence-electron chi connectivity index (χ0n) is 16.3. The Morgan fingerprint density at radius 3 is 2.32 bits per heavy atom. The van der Waals surface area contributed by atoms with Crippen LogP contribution in [0.4, 0.5) is 14.5 Å². The predicted octanol–water partition coefficient (Wildman–Crippen LogP) is 4.53. The highest BCUT2D eigenvalue weighted by atomic mass is 32.2. The van der Waals surface area contributed by atoms with Gasteiger partial charge in [-0.2, -0.15) is 0 Å². The molecule has 3 aromatic carbocycles. The maximum atomic E-state index is 14.0. The van der Waals surface area contributed by atoms with E-state index in [9.17, 15) is 22.0 Å². The fourth-order valence-corrected chi connectivity index (χ4v) is 4.97. The highest BCUT2D eigenvalue weighted by Gasteiger charge is 2.23. The van der Waals surface area contributed by atoms with Gasteiger partial charge in [-0.15, -0.1) is 0 Å². The molecule has 0 saturated carbocycles. The first-order valence-electron chi connectivity index (χ1n) is 9.43. The lowest BCUT2D eigenvalue weighted by Gasteiger charge is -2.07. The number of fused-ring (bicyclic) bond motifs is 1. The van der Waals surface area contributed by atoms with Gasteiger partial charge in [0.05, 0.1) is 10.6 Å². The molecule has 31 heavy (non-hydrogen) atoms. The van der Waals surface area contributed by atoms with Crippen molar-refractivity contribution in [1.82, 2.24) is 4.57 Å². The molecule has 4 rings (SSSR count). The number of benzene rings is 3. The van der Waals surface area contributed by atoms with Crippen LogP contribution in [0.1, 0.15) is 5.56 Å². The lowest BCUT2D eigenvalue weighted by atomic mass is 10.2. The number of aromatic nitrogens is 1. The summed E-state index contributed by atoms with van der Waals surface area (Å²) in [6, 6.07) is 17.9. The maximum absolute atomic E-state index is 14.0. The van der Waals surface area contributed by atoms with Gasteiger partial charge < -0.3 is 9.88 Å². The van der Waals surface area contributed by atoms with Gasteiger partial charge in [0.1, 0.15) is 18.2 Å². The van der Waals surface area contributed by atoms with Crippen LogP contribution in [-0.4, -0.2) is 18.9 Å². The summed E-state index contributed by atoms with van der Waals surface area (Å²) >= 11 is 0. The second kappa shape index (κ2) is 8.31. The smallest absolute Gasteiger partial charge is 0.244 e. The standard InChI is InChI=1S/C23H18F2N2O3S/c24-17-9-11-18(12-10-17)26-23(28)14-27-13-22(19-6-2-4-8-21(19)27)31(29,30)15-16-5-1-3-7-20(16)25/h1-13H,14-15H2,(H,26,28). The number of hydrogen-bond acceptors (Lipinski definition) is 3. The van der Waals surface area contributed by atoms with E-state index in [0.717, 1.165) is 0 Å². The zero-order valence-corrected chi connectivity index (χ0v) is 17.1. The number of rotatable bonds is 6. The second-order valence-electron chi connectivity index (χ2n) is 7.04. The van der Waals surface area contributed by atoms with Crippen LogP contribution in [0.3, 0.4) is 0 Å². The number of halogens is 2. The van der Waals surface area contributed by atoms with Crippen LogP contribution < -0.4 is 5.32 Å². The van der Waals surface area contributed by atoms with Crippen molar-refractivity contribution in [3.05, 3.63) is 96.2 Å². The lowest BCUT2D eigenvalue weighted by Crippen LogP contribution is -2.18. The number of anilines is 1. The normalized spacial score (nSPS) is 11.5. The Morgan fingerprint density at radius 1 is 0.903 bits per heavy atom. The first-order chi connectivity index (χ1) is 14.8. The van der Waals surface area contributed by atoms with Crippen LogP contribution in [0.15, 0.2) is 83.9 Å². The molecule has 158 valence electrons. The molecular formula is C23H18F2N2O3S. The largest absolute Gasteiger partial charge is 0.337 e. The van der Waals surface area contributed by atoms with Crippen molar-refractivity contribution in [2.45, 2.75) is 17.2 Å². The molecule has 0 spiro atoms. The maximum Gasteiger partial charge on any atom is 0.244 e. The van der Waals surface area contributed by atoms with E-state index < -0.39 is 33.1 Å². The molecule has 5 nitrogen and oxygen atoms in total. The number of sulfone groups is 1. The number of hydrogen-bond donors (Lipinski definition) is 1.